The lowest BCUT2D eigenvalue weighted by atomic mass is 9.78. The molecule has 3 heterocycles. The highest BCUT2D eigenvalue weighted by Crippen LogP contribution is 2.51. The van der Waals surface area contributed by atoms with Crippen LogP contribution >= 0.6 is 0 Å². The first-order chi connectivity index (χ1) is 14.9. The van der Waals surface area contributed by atoms with Crippen molar-refractivity contribution in [2.24, 2.45) is 9.98 Å². The maximum Gasteiger partial charge on any atom is 0.177 e. The smallest absolute Gasteiger partial charge is 0.177 e. The third kappa shape index (κ3) is 2.41. The minimum atomic E-state index is -1.43. The summed E-state index contributed by atoms with van der Waals surface area (Å²) < 4.78 is 0. The van der Waals surface area contributed by atoms with Crippen molar-refractivity contribution >= 4 is 11.4 Å². The van der Waals surface area contributed by atoms with E-state index in [-0.39, 0.29) is 57.0 Å². The standard InChI is InChI=1S/C19H4N12/c1-19-17-15(28-10(4-22)11(5-23)29-17)14-16(27-9(3-21)8(2-20)26-14)18(19)30-12(6-24)13(7-25)31-19/h18H,1H3/t18-,19?/m0/s1. The average molecular weight is 400 g/mol. The van der Waals surface area contributed by atoms with Crippen molar-refractivity contribution in [1.29, 1.82) is 31.6 Å². The maximum atomic E-state index is 9.42. The number of hydrogen-bond acceptors (Lipinski definition) is 12. The van der Waals surface area contributed by atoms with Crippen LogP contribution in [-0.4, -0.2) is 31.4 Å². The first-order valence-electron chi connectivity index (χ1n) is 8.39. The average Bonchev–Trinajstić information content (AvgIpc) is 2.81. The number of aromatic nitrogens is 4. The van der Waals surface area contributed by atoms with Crippen molar-refractivity contribution in [3.8, 4) is 47.8 Å². The summed E-state index contributed by atoms with van der Waals surface area (Å²) in [6, 6.07) is 9.70. The highest BCUT2D eigenvalue weighted by atomic mass is 15.1. The number of fused-ring (bicyclic) bond motifs is 6. The highest BCUT2D eigenvalue weighted by molar-refractivity contribution is 6.53. The van der Waals surface area contributed by atoms with Crippen LogP contribution in [0, 0.1) is 68.0 Å². The van der Waals surface area contributed by atoms with E-state index >= 15 is 0 Å². The topological polar surface area (TPSA) is 219 Å². The predicted molar refractivity (Wildman–Crippen MR) is 98.1 cm³/mol. The van der Waals surface area contributed by atoms with Crippen LogP contribution in [0.2, 0.25) is 0 Å². The molecular weight excluding hydrogens is 396 g/mol. The SMILES string of the molecule is CC12N=C(C#N)C(C#N)=N[C@H]1c1nc(C#N)c(C#N)nc1-c1nc(C#N)c(C#N)nc12. The molecule has 12 nitrogen and oxygen atoms in total. The van der Waals surface area contributed by atoms with Crippen molar-refractivity contribution in [3.05, 3.63) is 34.2 Å². The molecule has 0 spiro atoms. The Morgan fingerprint density at radius 2 is 1.16 bits per heavy atom. The molecule has 1 unspecified atom stereocenters. The molecule has 4 rings (SSSR count). The molecule has 31 heavy (non-hydrogen) atoms. The van der Waals surface area contributed by atoms with Crippen molar-refractivity contribution < 1.29 is 0 Å². The molecule has 1 aliphatic carbocycles. The van der Waals surface area contributed by atoms with Gasteiger partial charge in [-0.2, -0.15) is 31.6 Å². The lowest BCUT2D eigenvalue weighted by molar-refractivity contribution is 0.374. The maximum absolute atomic E-state index is 9.42. The van der Waals surface area contributed by atoms with Gasteiger partial charge in [0.15, 0.2) is 34.2 Å². The van der Waals surface area contributed by atoms with E-state index in [1.165, 1.54) is 0 Å². The molecule has 140 valence electrons. The lowest BCUT2D eigenvalue weighted by Crippen LogP contribution is -2.40. The van der Waals surface area contributed by atoms with Crippen LogP contribution in [0.1, 0.15) is 47.1 Å². The number of nitriles is 6. The summed E-state index contributed by atoms with van der Waals surface area (Å²) in [5.41, 5.74) is -2.80. The fourth-order valence-electron chi connectivity index (χ4n) is 3.41. The van der Waals surface area contributed by atoms with Crippen LogP contribution in [0.3, 0.4) is 0 Å². The minimum absolute atomic E-state index is 0.0226. The Hall–Kier alpha value is -5.56. The van der Waals surface area contributed by atoms with Gasteiger partial charge in [-0.05, 0) is 6.92 Å². The zero-order valence-electron chi connectivity index (χ0n) is 15.4. The molecule has 0 saturated heterocycles. The number of rotatable bonds is 0. The van der Waals surface area contributed by atoms with Gasteiger partial charge in [0.05, 0.1) is 5.69 Å². The third-order valence-electron chi connectivity index (χ3n) is 4.78. The van der Waals surface area contributed by atoms with Crippen LogP contribution in [-0.2, 0) is 5.54 Å². The van der Waals surface area contributed by atoms with Gasteiger partial charge in [-0.3, -0.25) is 9.98 Å². The monoisotopic (exact) mass is 400 g/mol. The molecule has 0 saturated carbocycles. The highest BCUT2D eigenvalue weighted by Gasteiger charge is 2.51. The summed E-state index contributed by atoms with van der Waals surface area (Å²) >= 11 is 0. The molecule has 12 heteroatoms. The van der Waals surface area contributed by atoms with Crippen LogP contribution in [0.25, 0.3) is 11.4 Å². The number of aliphatic imine (C=N–C) groups is 2. The molecule has 2 atom stereocenters. The van der Waals surface area contributed by atoms with E-state index in [0.717, 1.165) is 0 Å². The Morgan fingerprint density at radius 1 is 0.645 bits per heavy atom. The van der Waals surface area contributed by atoms with E-state index in [1.54, 1.807) is 37.3 Å². The van der Waals surface area contributed by atoms with Crippen molar-refractivity contribution in [1.82, 2.24) is 19.9 Å². The second-order valence-electron chi connectivity index (χ2n) is 6.43. The van der Waals surface area contributed by atoms with Crippen LogP contribution in [0.5, 0.6) is 0 Å². The predicted octanol–water partition coefficient (Wildman–Crippen LogP) is 0.633. The molecule has 0 N–H and O–H groups in total. The fraction of sp³-hybridized carbons (Fsp3) is 0.158. The summed E-state index contributed by atoms with van der Waals surface area (Å²) in [4.78, 5) is 25.5. The van der Waals surface area contributed by atoms with Crippen LogP contribution in [0.15, 0.2) is 9.98 Å². The largest absolute Gasteiger partial charge is 0.259 e. The normalized spacial score (nSPS) is 19.8. The summed E-state index contributed by atoms with van der Waals surface area (Å²) in [6.45, 7) is 1.56. The molecule has 0 fully saturated rings. The summed E-state index contributed by atoms with van der Waals surface area (Å²) in [6.07, 6.45) is 0. The Labute approximate surface area is 174 Å². The van der Waals surface area contributed by atoms with E-state index < -0.39 is 11.6 Å². The van der Waals surface area contributed by atoms with E-state index in [9.17, 15) is 31.6 Å². The van der Waals surface area contributed by atoms with Gasteiger partial charge in [0.25, 0.3) is 0 Å². The van der Waals surface area contributed by atoms with Crippen molar-refractivity contribution in [2.75, 3.05) is 0 Å². The lowest BCUT2D eigenvalue weighted by Gasteiger charge is -2.38. The number of hydrogen-bond donors (Lipinski definition) is 0. The summed E-state index contributed by atoms with van der Waals surface area (Å²) in [5.74, 6) is 0. The Bertz CT molecular complexity index is 1520. The summed E-state index contributed by atoms with van der Waals surface area (Å²) in [7, 11) is 0. The van der Waals surface area contributed by atoms with Gasteiger partial charge in [0.2, 0.25) is 0 Å². The molecule has 2 aliphatic rings. The quantitative estimate of drug-likeness (QED) is 0.600. The number of nitrogens with zero attached hydrogens (tertiary/aromatic N) is 12. The second-order valence-corrected chi connectivity index (χ2v) is 6.43. The van der Waals surface area contributed by atoms with Gasteiger partial charge < -0.3 is 0 Å². The minimum Gasteiger partial charge on any atom is -0.259 e. The molecule has 0 radical (unpaired) electrons. The first-order valence-corrected chi connectivity index (χ1v) is 8.39. The van der Waals surface area contributed by atoms with Gasteiger partial charge in [0, 0.05) is 0 Å². The van der Waals surface area contributed by atoms with Gasteiger partial charge in [0.1, 0.15) is 65.1 Å². The fourth-order valence-corrected chi connectivity index (χ4v) is 3.41. The van der Waals surface area contributed by atoms with Crippen molar-refractivity contribution in [2.45, 2.75) is 18.5 Å². The van der Waals surface area contributed by atoms with Gasteiger partial charge in [-0.15, -0.1) is 0 Å². The molecule has 0 aromatic carbocycles. The van der Waals surface area contributed by atoms with Gasteiger partial charge in [-0.25, -0.2) is 19.9 Å². The van der Waals surface area contributed by atoms with Crippen molar-refractivity contribution in [3.63, 3.8) is 0 Å². The molecular formula is C19H4N12. The van der Waals surface area contributed by atoms with Crippen LogP contribution < -0.4 is 0 Å². The Kier molecular flexibility index (Phi) is 3.94. The zero-order chi connectivity index (χ0) is 22.3. The third-order valence-corrected chi connectivity index (χ3v) is 4.78. The van der Waals surface area contributed by atoms with Gasteiger partial charge in [-0.1, -0.05) is 0 Å². The Morgan fingerprint density at radius 3 is 1.71 bits per heavy atom. The molecule has 2 aromatic rings. The van der Waals surface area contributed by atoms with Crippen LogP contribution in [0.4, 0.5) is 0 Å². The van der Waals surface area contributed by atoms with E-state index in [1.807, 2.05) is 6.07 Å². The van der Waals surface area contributed by atoms with E-state index in [0.29, 0.717) is 0 Å². The first kappa shape index (κ1) is 18.8. The van der Waals surface area contributed by atoms with Gasteiger partial charge >= 0.3 is 0 Å². The second kappa shape index (κ2) is 6.50. The van der Waals surface area contributed by atoms with E-state index in [2.05, 4.69) is 29.9 Å². The molecule has 2 aromatic heterocycles. The molecule has 0 amide bonds. The summed E-state index contributed by atoms with van der Waals surface area (Å²) in [5, 5.41) is 56.3. The van der Waals surface area contributed by atoms with E-state index in [4.69, 9.17) is 0 Å². The molecule has 0 bridgehead atoms. The Balaban J connectivity index is 2.20. The zero-order valence-corrected chi connectivity index (χ0v) is 15.4. The molecule has 1 aliphatic heterocycles.